The SMILES string of the molecule is CCOC(=O)C1=C(c2ccccc2)c2ccc(OCCc3ccccc3F)cc2/C1=[N+](/C)O. The summed E-state index contributed by atoms with van der Waals surface area (Å²) in [6.07, 6.45) is 0.418. The van der Waals surface area contributed by atoms with Crippen molar-refractivity contribution >= 4 is 17.3 Å². The molecule has 1 N–H and O–H groups in total. The van der Waals surface area contributed by atoms with E-state index in [2.05, 4.69) is 0 Å². The molecule has 0 aliphatic heterocycles. The number of carbonyl (C=O) groups excluding carboxylic acids is 1. The van der Waals surface area contributed by atoms with E-state index < -0.39 is 5.97 Å². The third-order valence-electron chi connectivity index (χ3n) is 5.47. The first-order chi connectivity index (χ1) is 16.0. The molecule has 1 aliphatic rings. The van der Waals surface area contributed by atoms with Crippen LogP contribution in [-0.2, 0) is 16.0 Å². The molecule has 0 spiro atoms. The fraction of sp³-hybridized carbons (Fsp3) is 0.185. The first-order valence-corrected chi connectivity index (χ1v) is 10.8. The van der Waals surface area contributed by atoms with Crippen LogP contribution in [0, 0.1) is 5.82 Å². The number of benzene rings is 3. The Morgan fingerprint density at radius 2 is 1.73 bits per heavy atom. The van der Waals surface area contributed by atoms with Crippen LogP contribution in [-0.4, -0.2) is 41.9 Å². The number of ether oxygens (including phenoxy) is 2. The van der Waals surface area contributed by atoms with Crippen molar-refractivity contribution in [3.8, 4) is 5.75 Å². The molecule has 6 heteroatoms. The van der Waals surface area contributed by atoms with E-state index in [-0.39, 0.29) is 19.0 Å². The van der Waals surface area contributed by atoms with Gasteiger partial charge in [0.25, 0.3) is 5.71 Å². The molecule has 0 saturated heterocycles. The van der Waals surface area contributed by atoms with E-state index in [0.29, 0.717) is 40.2 Å². The number of hydroxylamine groups is 1. The minimum atomic E-state index is -0.509. The van der Waals surface area contributed by atoms with E-state index >= 15 is 0 Å². The van der Waals surface area contributed by atoms with Gasteiger partial charge in [-0.3, -0.25) is 5.21 Å². The first-order valence-electron chi connectivity index (χ1n) is 10.8. The molecule has 0 saturated carbocycles. The molecule has 0 radical (unpaired) electrons. The van der Waals surface area contributed by atoms with Gasteiger partial charge in [0.05, 0.1) is 18.8 Å². The molecule has 0 aromatic heterocycles. The summed E-state index contributed by atoms with van der Waals surface area (Å²) < 4.78 is 26.0. The van der Waals surface area contributed by atoms with Crippen molar-refractivity contribution in [2.75, 3.05) is 20.3 Å². The summed E-state index contributed by atoms with van der Waals surface area (Å²) in [7, 11) is 1.47. The minimum absolute atomic E-state index is 0.216. The van der Waals surface area contributed by atoms with Gasteiger partial charge in [-0.1, -0.05) is 48.5 Å². The molecule has 33 heavy (non-hydrogen) atoms. The zero-order valence-electron chi connectivity index (χ0n) is 18.5. The molecule has 168 valence electrons. The fourth-order valence-electron chi connectivity index (χ4n) is 4.04. The van der Waals surface area contributed by atoms with Crippen LogP contribution in [0.15, 0.2) is 78.4 Å². The van der Waals surface area contributed by atoms with E-state index in [1.54, 1.807) is 31.2 Å². The predicted octanol–water partition coefficient (Wildman–Crippen LogP) is 4.65. The maximum absolute atomic E-state index is 13.9. The Balaban J connectivity index is 1.71. The molecule has 3 aromatic rings. The Morgan fingerprint density at radius 1 is 1.00 bits per heavy atom. The van der Waals surface area contributed by atoms with Gasteiger partial charge in [0.15, 0.2) is 7.05 Å². The average Bonchev–Trinajstić information content (AvgIpc) is 3.16. The topological polar surface area (TPSA) is 58.8 Å². The van der Waals surface area contributed by atoms with E-state index in [0.717, 1.165) is 15.9 Å². The minimum Gasteiger partial charge on any atom is -0.493 e. The van der Waals surface area contributed by atoms with E-state index in [1.807, 2.05) is 42.5 Å². The van der Waals surface area contributed by atoms with Crippen molar-refractivity contribution in [1.82, 2.24) is 0 Å². The van der Waals surface area contributed by atoms with Crippen LogP contribution < -0.4 is 4.74 Å². The number of hydrogen-bond acceptors (Lipinski definition) is 4. The normalized spacial score (nSPS) is 14.2. The number of esters is 1. The zero-order valence-corrected chi connectivity index (χ0v) is 18.5. The summed E-state index contributed by atoms with van der Waals surface area (Å²) in [5.74, 6) is -0.212. The van der Waals surface area contributed by atoms with Crippen LogP contribution in [0.3, 0.4) is 0 Å². The van der Waals surface area contributed by atoms with Crippen LogP contribution in [0.25, 0.3) is 5.57 Å². The zero-order chi connectivity index (χ0) is 23.4. The number of rotatable bonds is 7. The number of fused-ring (bicyclic) bond motifs is 1. The summed E-state index contributed by atoms with van der Waals surface area (Å²) in [6, 6.07) is 21.6. The lowest BCUT2D eigenvalue weighted by Crippen LogP contribution is -2.22. The van der Waals surface area contributed by atoms with Crippen molar-refractivity contribution < 1.29 is 28.6 Å². The molecule has 0 fully saturated rings. The van der Waals surface area contributed by atoms with Crippen LogP contribution in [0.5, 0.6) is 5.75 Å². The molecule has 0 atom stereocenters. The number of halogens is 1. The lowest BCUT2D eigenvalue weighted by molar-refractivity contribution is -0.753. The highest BCUT2D eigenvalue weighted by Gasteiger charge is 2.40. The predicted molar refractivity (Wildman–Crippen MR) is 123 cm³/mol. The standard InChI is InChI=1S/C27H25FNO4/c1-3-32-27(30)25-24(19-10-5-4-6-11-19)21-14-13-20(17-22(21)26(25)29(2)31)33-16-15-18-9-7-8-12-23(18)28/h4-14,17,31H,3,15-16H2,1-2H3/q+1/b29-26+. The Hall–Kier alpha value is -3.93. The Labute approximate surface area is 192 Å². The van der Waals surface area contributed by atoms with Crippen molar-refractivity contribution in [2.45, 2.75) is 13.3 Å². The number of nitrogens with zero attached hydrogens (tertiary/aromatic N) is 1. The molecular formula is C27H25FNO4+. The first kappa shape index (κ1) is 22.3. The van der Waals surface area contributed by atoms with Gasteiger partial charge in [0.2, 0.25) is 0 Å². The number of carbonyl (C=O) groups is 1. The maximum atomic E-state index is 13.9. The summed E-state index contributed by atoms with van der Waals surface area (Å²) in [4.78, 5) is 13.0. The summed E-state index contributed by atoms with van der Waals surface area (Å²) in [5.41, 5.74) is 4.21. The monoisotopic (exact) mass is 446 g/mol. The molecule has 1 aliphatic carbocycles. The van der Waals surface area contributed by atoms with Gasteiger partial charge in [0.1, 0.15) is 17.1 Å². The summed E-state index contributed by atoms with van der Waals surface area (Å²) in [5, 5.41) is 10.5. The molecule has 0 unspecified atom stereocenters. The highest BCUT2D eigenvalue weighted by Crippen LogP contribution is 2.40. The smallest absolute Gasteiger partial charge is 0.345 e. The Bertz CT molecular complexity index is 1240. The summed E-state index contributed by atoms with van der Waals surface area (Å²) >= 11 is 0. The van der Waals surface area contributed by atoms with Gasteiger partial charge in [-0.25, -0.2) is 9.18 Å². The fourth-order valence-corrected chi connectivity index (χ4v) is 4.04. The summed E-state index contributed by atoms with van der Waals surface area (Å²) in [6.45, 7) is 2.24. The second-order valence-electron chi connectivity index (χ2n) is 7.61. The molecular weight excluding hydrogens is 421 g/mol. The second-order valence-corrected chi connectivity index (χ2v) is 7.61. The van der Waals surface area contributed by atoms with Gasteiger partial charge >= 0.3 is 5.97 Å². The van der Waals surface area contributed by atoms with Crippen LogP contribution in [0.4, 0.5) is 4.39 Å². The molecule has 4 rings (SSSR count). The van der Waals surface area contributed by atoms with E-state index in [1.165, 1.54) is 13.1 Å². The maximum Gasteiger partial charge on any atom is 0.345 e. The third kappa shape index (κ3) is 4.51. The Morgan fingerprint density at radius 3 is 2.42 bits per heavy atom. The lowest BCUT2D eigenvalue weighted by atomic mass is 9.97. The largest absolute Gasteiger partial charge is 0.493 e. The molecule has 3 aromatic carbocycles. The molecule has 5 nitrogen and oxygen atoms in total. The average molecular weight is 446 g/mol. The highest BCUT2D eigenvalue weighted by atomic mass is 19.1. The van der Waals surface area contributed by atoms with Crippen molar-refractivity contribution in [3.05, 3.63) is 106 Å². The van der Waals surface area contributed by atoms with Crippen molar-refractivity contribution in [1.29, 1.82) is 0 Å². The molecule has 0 amide bonds. The van der Waals surface area contributed by atoms with Crippen LogP contribution in [0.2, 0.25) is 0 Å². The van der Waals surface area contributed by atoms with Crippen LogP contribution in [0.1, 0.15) is 29.2 Å². The van der Waals surface area contributed by atoms with Crippen molar-refractivity contribution in [3.63, 3.8) is 0 Å². The van der Waals surface area contributed by atoms with E-state index in [9.17, 15) is 14.4 Å². The lowest BCUT2D eigenvalue weighted by Gasteiger charge is -2.10. The third-order valence-corrected chi connectivity index (χ3v) is 5.47. The van der Waals surface area contributed by atoms with Crippen molar-refractivity contribution in [2.24, 2.45) is 0 Å². The van der Waals surface area contributed by atoms with E-state index in [4.69, 9.17) is 9.47 Å². The molecule has 0 heterocycles. The number of hydrogen-bond donors (Lipinski definition) is 1. The van der Waals surface area contributed by atoms with Gasteiger partial charge < -0.3 is 9.47 Å². The van der Waals surface area contributed by atoms with Gasteiger partial charge in [-0.15, -0.1) is 0 Å². The molecule has 0 bridgehead atoms. The van der Waals surface area contributed by atoms with Crippen LogP contribution >= 0.6 is 0 Å². The highest BCUT2D eigenvalue weighted by molar-refractivity contribution is 6.35. The van der Waals surface area contributed by atoms with Gasteiger partial charge in [-0.05, 0) is 52.6 Å². The quantitative estimate of drug-likeness (QED) is 0.249. The van der Waals surface area contributed by atoms with Gasteiger partial charge in [-0.2, -0.15) is 0 Å². The Kier molecular flexibility index (Phi) is 6.54. The second kappa shape index (κ2) is 9.69. The van der Waals surface area contributed by atoms with Gasteiger partial charge in [0, 0.05) is 12.0 Å².